The van der Waals surface area contributed by atoms with E-state index < -0.39 is 12.0 Å². The number of nitrogens with two attached hydrogens (primary N) is 1. The summed E-state index contributed by atoms with van der Waals surface area (Å²) < 4.78 is 0. The molecule has 0 heterocycles. The van der Waals surface area contributed by atoms with Crippen molar-refractivity contribution in [1.82, 2.24) is 0 Å². The van der Waals surface area contributed by atoms with Gasteiger partial charge in [-0.15, -0.1) is 0 Å². The zero-order chi connectivity index (χ0) is 14.2. The number of aliphatic carboxylic acids is 1. The van der Waals surface area contributed by atoms with Crippen molar-refractivity contribution >= 4 is 24.7 Å². The standard InChI is InChI=1S/C9H17NO.C3H7NO2S/c1-2-3-4-5-6-7-8-10-9-11;4-2(1-7)3(5)6/h2-8H2,1H3;2,7H,1,4H2,(H,5,6). The second-order valence-corrected chi connectivity index (χ2v) is 4.23. The Bertz CT molecular complexity index is 243. The van der Waals surface area contributed by atoms with E-state index in [1.807, 2.05) is 0 Å². The molecule has 0 aliphatic rings. The first-order valence-electron chi connectivity index (χ1n) is 6.23. The Morgan fingerprint density at radius 2 is 1.89 bits per heavy atom. The largest absolute Gasteiger partial charge is 0.480 e. The van der Waals surface area contributed by atoms with E-state index >= 15 is 0 Å². The van der Waals surface area contributed by atoms with Crippen LogP contribution in [0.3, 0.4) is 0 Å². The lowest BCUT2D eigenvalue weighted by atomic mass is 10.1. The quantitative estimate of drug-likeness (QED) is 0.260. The molecule has 0 saturated heterocycles. The fourth-order valence-corrected chi connectivity index (χ4v) is 1.25. The molecule has 0 aliphatic heterocycles. The molecule has 0 aromatic rings. The van der Waals surface area contributed by atoms with Gasteiger partial charge in [-0.3, -0.25) is 4.79 Å². The highest BCUT2D eigenvalue weighted by atomic mass is 32.1. The molecule has 3 N–H and O–H groups in total. The number of carbonyl (C=O) groups is 1. The lowest BCUT2D eigenvalue weighted by Gasteiger charge is -1.96. The van der Waals surface area contributed by atoms with Crippen LogP contribution in [-0.2, 0) is 9.59 Å². The zero-order valence-corrected chi connectivity index (χ0v) is 11.9. The van der Waals surface area contributed by atoms with Gasteiger partial charge < -0.3 is 10.8 Å². The van der Waals surface area contributed by atoms with Gasteiger partial charge in [-0.2, -0.15) is 12.6 Å². The summed E-state index contributed by atoms with van der Waals surface area (Å²) in [6.45, 7) is 2.87. The van der Waals surface area contributed by atoms with Crippen molar-refractivity contribution in [3.05, 3.63) is 0 Å². The first kappa shape index (κ1) is 19.5. The highest BCUT2D eigenvalue weighted by molar-refractivity contribution is 7.80. The van der Waals surface area contributed by atoms with E-state index in [4.69, 9.17) is 10.8 Å². The summed E-state index contributed by atoms with van der Waals surface area (Å²) >= 11 is 3.65. The zero-order valence-electron chi connectivity index (χ0n) is 11.0. The van der Waals surface area contributed by atoms with Crippen molar-refractivity contribution in [2.24, 2.45) is 10.7 Å². The third kappa shape index (κ3) is 17.6. The SMILES string of the molecule is CCCCCCCCN=C=O.NC(CS)C(=O)O. The molecule has 5 nitrogen and oxygen atoms in total. The number of carboxylic acids is 1. The first-order chi connectivity index (χ1) is 8.59. The van der Waals surface area contributed by atoms with E-state index in [9.17, 15) is 9.59 Å². The summed E-state index contributed by atoms with van der Waals surface area (Å²) in [5.41, 5.74) is 4.94. The maximum Gasteiger partial charge on any atom is 0.321 e. The molecule has 0 fully saturated rings. The molecule has 0 amide bonds. The van der Waals surface area contributed by atoms with Gasteiger partial charge in [0.2, 0.25) is 6.08 Å². The van der Waals surface area contributed by atoms with Crippen LogP contribution in [0.25, 0.3) is 0 Å². The maximum atomic E-state index is 9.76. The number of hydrogen-bond donors (Lipinski definition) is 3. The Hall–Kier alpha value is -0.840. The van der Waals surface area contributed by atoms with Gasteiger partial charge in [-0.25, -0.2) is 9.79 Å². The van der Waals surface area contributed by atoms with Crippen LogP contribution in [0.15, 0.2) is 4.99 Å². The van der Waals surface area contributed by atoms with Crippen LogP contribution >= 0.6 is 12.6 Å². The summed E-state index contributed by atoms with van der Waals surface area (Å²) in [6, 6.07) is -0.816. The van der Waals surface area contributed by atoms with Crippen LogP contribution in [0.2, 0.25) is 0 Å². The van der Waals surface area contributed by atoms with Crippen LogP contribution in [0.1, 0.15) is 45.4 Å². The molecular formula is C12H24N2O3S. The number of aliphatic imine (C=N–C) groups is 1. The predicted molar refractivity (Wildman–Crippen MR) is 75.8 cm³/mol. The molecule has 0 saturated carbocycles. The average Bonchev–Trinajstić information content (AvgIpc) is 2.37. The highest BCUT2D eigenvalue weighted by Crippen LogP contribution is 2.04. The summed E-state index contributed by atoms with van der Waals surface area (Å²) in [7, 11) is 0. The Morgan fingerprint density at radius 1 is 1.33 bits per heavy atom. The van der Waals surface area contributed by atoms with Crippen molar-refractivity contribution in [2.45, 2.75) is 51.5 Å². The number of unbranched alkanes of at least 4 members (excludes halogenated alkanes) is 5. The summed E-state index contributed by atoms with van der Waals surface area (Å²) in [5, 5.41) is 8.01. The Balaban J connectivity index is 0. The van der Waals surface area contributed by atoms with Crippen molar-refractivity contribution in [3.8, 4) is 0 Å². The van der Waals surface area contributed by atoms with Crippen molar-refractivity contribution in [1.29, 1.82) is 0 Å². The van der Waals surface area contributed by atoms with Gasteiger partial charge in [0.25, 0.3) is 0 Å². The molecule has 0 aliphatic carbocycles. The van der Waals surface area contributed by atoms with E-state index in [1.165, 1.54) is 32.1 Å². The topological polar surface area (TPSA) is 92.8 Å². The second-order valence-electron chi connectivity index (χ2n) is 3.87. The van der Waals surface area contributed by atoms with Crippen molar-refractivity contribution in [2.75, 3.05) is 12.3 Å². The number of isocyanates is 1. The van der Waals surface area contributed by atoms with E-state index in [0.717, 1.165) is 6.42 Å². The normalized spacial score (nSPS) is 10.8. The lowest BCUT2D eigenvalue weighted by Crippen LogP contribution is -2.31. The Kier molecular flexibility index (Phi) is 17.5. The van der Waals surface area contributed by atoms with Gasteiger partial charge in [0, 0.05) is 5.75 Å². The number of rotatable bonds is 9. The van der Waals surface area contributed by atoms with E-state index in [2.05, 4.69) is 24.5 Å². The fourth-order valence-electron chi connectivity index (χ4n) is 1.09. The molecular weight excluding hydrogens is 252 g/mol. The molecule has 1 unspecified atom stereocenters. The smallest absolute Gasteiger partial charge is 0.321 e. The first-order valence-corrected chi connectivity index (χ1v) is 6.86. The van der Waals surface area contributed by atoms with Gasteiger partial charge >= 0.3 is 5.97 Å². The monoisotopic (exact) mass is 276 g/mol. The molecule has 18 heavy (non-hydrogen) atoms. The molecule has 0 radical (unpaired) electrons. The van der Waals surface area contributed by atoms with Gasteiger partial charge in [0.15, 0.2) is 0 Å². The van der Waals surface area contributed by atoms with Gasteiger partial charge in [0.1, 0.15) is 6.04 Å². The molecule has 0 rings (SSSR count). The van der Waals surface area contributed by atoms with Gasteiger partial charge in [-0.1, -0.05) is 39.0 Å². The van der Waals surface area contributed by atoms with Crippen LogP contribution in [0, 0.1) is 0 Å². The van der Waals surface area contributed by atoms with Gasteiger partial charge in [0.05, 0.1) is 6.54 Å². The van der Waals surface area contributed by atoms with Crippen LogP contribution in [0.5, 0.6) is 0 Å². The maximum absolute atomic E-state index is 9.76. The molecule has 0 spiro atoms. The average molecular weight is 276 g/mol. The molecule has 0 aromatic carbocycles. The van der Waals surface area contributed by atoms with Gasteiger partial charge in [-0.05, 0) is 6.42 Å². The minimum atomic E-state index is -1.00. The second kappa shape index (κ2) is 16.2. The molecule has 6 heteroatoms. The molecule has 1 atom stereocenters. The van der Waals surface area contributed by atoms with Crippen molar-refractivity contribution < 1.29 is 14.7 Å². The van der Waals surface area contributed by atoms with E-state index in [1.54, 1.807) is 6.08 Å². The summed E-state index contributed by atoms with van der Waals surface area (Å²) in [4.78, 5) is 22.9. The highest BCUT2D eigenvalue weighted by Gasteiger charge is 2.06. The third-order valence-corrected chi connectivity index (χ3v) is 2.60. The third-order valence-electron chi connectivity index (χ3n) is 2.20. The lowest BCUT2D eigenvalue weighted by molar-refractivity contribution is -0.137. The van der Waals surface area contributed by atoms with Crippen LogP contribution in [0.4, 0.5) is 0 Å². The number of thiol groups is 1. The molecule has 106 valence electrons. The van der Waals surface area contributed by atoms with Crippen LogP contribution < -0.4 is 5.73 Å². The minimum Gasteiger partial charge on any atom is -0.480 e. The molecule has 0 bridgehead atoms. The number of hydrogen-bond acceptors (Lipinski definition) is 5. The predicted octanol–water partition coefficient (Wildman–Crippen LogP) is 2.01. The molecule has 0 aromatic heterocycles. The Morgan fingerprint density at radius 3 is 2.28 bits per heavy atom. The fraction of sp³-hybridized carbons (Fsp3) is 0.833. The minimum absolute atomic E-state index is 0.190. The summed E-state index contributed by atoms with van der Waals surface area (Å²) in [6.07, 6.45) is 9.00. The number of nitrogens with zero attached hydrogens (tertiary/aromatic N) is 1. The van der Waals surface area contributed by atoms with Crippen molar-refractivity contribution in [3.63, 3.8) is 0 Å². The number of carboxylic acid groups (broad SMARTS) is 1. The van der Waals surface area contributed by atoms with Crippen LogP contribution in [-0.4, -0.2) is 35.5 Å². The van der Waals surface area contributed by atoms with E-state index in [-0.39, 0.29) is 5.75 Å². The Labute approximate surface area is 114 Å². The number of carbonyl (C=O) groups excluding carboxylic acids is 1. The van der Waals surface area contributed by atoms with E-state index in [0.29, 0.717) is 6.54 Å². The summed E-state index contributed by atoms with van der Waals surface area (Å²) in [5.74, 6) is -0.815.